The molecule has 1 heterocycles. The second-order valence-electron chi connectivity index (χ2n) is 3.14. The Labute approximate surface area is 75.5 Å². The van der Waals surface area contributed by atoms with Gasteiger partial charge in [0.2, 0.25) is 0 Å². The molecule has 3 heteroatoms. The van der Waals surface area contributed by atoms with Gasteiger partial charge in [-0.25, -0.2) is 0 Å². The third kappa shape index (κ3) is 1.14. The summed E-state index contributed by atoms with van der Waals surface area (Å²) in [6.07, 6.45) is 2.81. The molecular weight excluding hydrogens is 170 g/mol. The molecule has 0 saturated heterocycles. The molecule has 0 saturated carbocycles. The van der Waals surface area contributed by atoms with Crippen LogP contribution >= 0.6 is 11.3 Å². The Kier molecular flexibility index (Phi) is 1.89. The van der Waals surface area contributed by atoms with Crippen molar-refractivity contribution in [3.63, 3.8) is 0 Å². The summed E-state index contributed by atoms with van der Waals surface area (Å²) >= 11 is 1.80. The number of nitrogens with zero attached hydrogens (tertiary/aromatic N) is 1. The van der Waals surface area contributed by atoms with Gasteiger partial charge in [0.15, 0.2) is 0 Å². The fourth-order valence-electron chi connectivity index (χ4n) is 1.63. The van der Waals surface area contributed by atoms with Gasteiger partial charge in [-0.15, -0.1) is 11.3 Å². The molecule has 0 aromatic carbocycles. The summed E-state index contributed by atoms with van der Waals surface area (Å²) in [4.78, 5) is 1.37. The first-order chi connectivity index (χ1) is 5.81. The highest BCUT2D eigenvalue weighted by Crippen LogP contribution is 2.27. The molecule has 1 aliphatic rings. The Balaban J connectivity index is 2.38. The van der Waals surface area contributed by atoms with Crippen molar-refractivity contribution in [2.45, 2.75) is 26.2 Å². The molecule has 2 rings (SSSR count). The van der Waals surface area contributed by atoms with E-state index in [2.05, 4.69) is 17.5 Å². The van der Waals surface area contributed by atoms with E-state index in [9.17, 15) is 0 Å². The van der Waals surface area contributed by atoms with Crippen molar-refractivity contribution in [3.05, 3.63) is 21.4 Å². The minimum atomic E-state index is 0.848. The highest BCUT2D eigenvalue weighted by atomic mass is 32.1. The molecule has 0 bridgehead atoms. The molecule has 0 unspecified atom stereocenters. The summed E-state index contributed by atoms with van der Waals surface area (Å²) < 4.78 is 0. The second-order valence-corrected chi connectivity index (χ2v) is 4.22. The van der Waals surface area contributed by atoms with Crippen LogP contribution in [0.2, 0.25) is 0 Å². The van der Waals surface area contributed by atoms with Gasteiger partial charge in [-0.2, -0.15) is 0 Å². The summed E-state index contributed by atoms with van der Waals surface area (Å²) in [7, 11) is 0. The fourth-order valence-corrected chi connectivity index (χ4v) is 2.56. The molecule has 1 N–H and O–H groups in total. The van der Waals surface area contributed by atoms with Gasteiger partial charge in [-0.05, 0) is 36.3 Å². The highest BCUT2D eigenvalue weighted by Gasteiger charge is 2.17. The topological polar surface area (TPSA) is 32.6 Å². The van der Waals surface area contributed by atoms with Gasteiger partial charge >= 0.3 is 0 Å². The number of hydrogen-bond acceptors (Lipinski definition) is 3. The minimum Gasteiger partial charge on any atom is -0.411 e. The number of thiophene rings is 1. The zero-order chi connectivity index (χ0) is 8.55. The molecule has 0 radical (unpaired) electrons. The lowest BCUT2D eigenvalue weighted by Crippen LogP contribution is -2.12. The zero-order valence-electron chi connectivity index (χ0n) is 7.00. The Morgan fingerprint density at radius 3 is 3.08 bits per heavy atom. The maximum Gasteiger partial charge on any atom is 0.0618 e. The van der Waals surface area contributed by atoms with E-state index in [-0.39, 0.29) is 0 Å². The van der Waals surface area contributed by atoms with Crippen molar-refractivity contribution in [2.75, 3.05) is 0 Å². The standard InChI is InChI=1S/C9H11NOS/c1-6-9-4-8(10-11)3-2-7(9)5-12-6/h5,11H,2-4H2,1H3. The van der Waals surface area contributed by atoms with E-state index in [0.29, 0.717) is 0 Å². The average Bonchev–Trinajstić information content (AvgIpc) is 2.47. The molecular formula is C9H11NOS. The van der Waals surface area contributed by atoms with Gasteiger partial charge in [-0.3, -0.25) is 0 Å². The Hall–Kier alpha value is -0.830. The predicted molar refractivity (Wildman–Crippen MR) is 50.3 cm³/mol. The number of rotatable bonds is 0. The lowest BCUT2D eigenvalue weighted by atomic mass is 9.92. The molecule has 0 aliphatic heterocycles. The summed E-state index contributed by atoms with van der Waals surface area (Å²) in [5.74, 6) is 0. The van der Waals surface area contributed by atoms with Crippen LogP contribution in [-0.4, -0.2) is 10.9 Å². The summed E-state index contributed by atoms with van der Waals surface area (Å²) in [6.45, 7) is 2.13. The van der Waals surface area contributed by atoms with Crippen molar-refractivity contribution in [1.29, 1.82) is 0 Å². The van der Waals surface area contributed by atoms with Crippen molar-refractivity contribution < 1.29 is 5.21 Å². The first-order valence-electron chi connectivity index (χ1n) is 4.07. The largest absolute Gasteiger partial charge is 0.411 e. The Bertz CT molecular complexity index is 327. The third-order valence-corrected chi connectivity index (χ3v) is 3.40. The molecule has 0 spiro atoms. The van der Waals surface area contributed by atoms with E-state index in [4.69, 9.17) is 5.21 Å². The van der Waals surface area contributed by atoms with Gasteiger partial charge in [0.25, 0.3) is 0 Å². The third-order valence-electron chi connectivity index (χ3n) is 2.40. The predicted octanol–water partition coefficient (Wildman–Crippen LogP) is 2.38. The molecule has 1 aromatic heterocycles. The van der Waals surface area contributed by atoms with Gasteiger partial charge in [0, 0.05) is 11.3 Å². The van der Waals surface area contributed by atoms with Crippen molar-refractivity contribution >= 4 is 17.0 Å². The number of hydrogen-bond donors (Lipinski definition) is 1. The SMILES string of the molecule is Cc1scc2c1CC(=NO)CC2. The zero-order valence-corrected chi connectivity index (χ0v) is 7.82. The maximum atomic E-state index is 8.64. The monoisotopic (exact) mass is 181 g/mol. The van der Waals surface area contributed by atoms with Crippen LogP contribution in [0.25, 0.3) is 0 Å². The van der Waals surface area contributed by atoms with Crippen LogP contribution in [0.15, 0.2) is 10.5 Å². The first-order valence-corrected chi connectivity index (χ1v) is 4.95. The second kappa shape index (κ2) is 2.90. The van der Waals surface area contributed by atoms with Crippen LogP contribution in [0.3, 0.4) is 0 Å². The van der Waals surface area contributed by atoms with E-state index in [0.717, 1.165) is 25.0 Å². The normalized spacial score (nSPS) is 19.6. The number of oxime groups is 1. The van der Waals surface area contributed by atoms with Crippen LogP contribution in [0, 0.1) is 6.92 Å². The molecule has 1 aromatic rings. The van der Waals surface area contributed by atoms with Gasteiger partial charge in [0.05, 0.1) is 5.71 Å². The molecule has 0 atom stereocenters. The van der Waals surface area contributed by atoms with Crippen molar-refractivity contribution in [2.24, 2.45) is 5.16 Å². The molecule has 0 fully saturated rings. The summed E-state index contributed by atoms with van der Waals surface area (Å²) in [6, 6.07) is 0. The molecule has 12 heavy (non-hydrogen) atoms. The average molecular weight is 181 g/mol. The van der Waals surface area contributed by atoms with E-state index >= 15 is 0 Å². The quantitative estimate of drug-likeness (QED) is 0.483. The van der Waals surface area contributed by atoms with E-state index in [1.807, 2.05) is 0 Å². The number of fused-ring (bicyclic) bond motifs is 1. The minimum absolute atomic E-state index is 0.848. The van der Waals surface area contributed by atoms with E-state index in [1.165, 1.54) is 16.0 Å². The van der Waals surface area contributed by atoms with Crippen LogP contribution in [-0.2, 0) is 12.8 Å². The molecule has 2 nitrogen and oxygen atoms in total. The van der Waals surface area contributed by atoms with Crippen LogP contribution in [0.4, 0.5) is 0 Å². The van der Waals surface area contributed by atoms with Crippen LogP contribution < -0.4 is 0 Å². The molecule has 0 amide bonds. The lowest BCUT2D eigenvalue weighted by Gasteiger charge is -2.12. The Morgan fingerprint density at radius 1 is 1.50 bits per heavy atom. The van der Waals surface area contributed by atoms with Crippen molar-refractivity contribution in [1.82, 2.24) is 0 Å². The van der Waals surface area contributed by atoms with Crippen LogP contribution in [0.1, 0.15) is 22.4 Å². The first kappa shape index (κ1) is 7.80. The maximum absolute atomic E-state index is 8.64. The number of aryl methyl sites for hydroxylation is 2. The van der Waals surface area contributed by atoms with E-state index in [1.54, 1.807) is 11.3 Å². The summed E-state index contributed by atoms with van der Waals surface area (Å²) in [5.41, 5.74) is 3.76. The Morgan fingerprint density at radius 2 is 2.33 bits per heavy atom. The summed E-state index contributed by atoms with van der Waals surface area (Å²) in [5, 5.41) is 14.1. The van der Waals surface area contributed by atoms with Crippen LogP contribution in [0.5, 0.6) is 0 Å². The highest BCUT2D eigenvalue weighted by molar-refractivity contribution is 7.10. The fraction of sp³-hybridized carbons (Fsp3) is 0.444. The van der Waals surface area contributed by atoms with Gasteiger partial charge < -0.3 is 5.21 Å². The smallest absolute Gasteiger partial charge is 0.0618 e. The molecule has 64 valence electrons. The lowest BCUT2D eigenvalue weighted by molar-refractivity contribution is 0.316. The van der Waals surface area contributed by atoms with Gasteiger partial charge in [-0.1, -0.05) is 5.16 Å². The van der Waals surface area contributed by atoms with Gasteiger partial charge in [0.1, 0.15) is 0 Å². The van der Waals surface area contributed by atoms with E-state index < -0.39 is 0 Å². The van der Waals surface area contributed by atoms with Crippen molar-refractivity contribution in [3.8, 4) is 0 Å². The molecule has 1 aliphatic carbocycles.